The molecule has 1 saturated heterocycles. The van der Waals surface area contributed by atoms with Gasteiger partial charge >= 0.3 is 0 Å². The molecule has 2 aromatic rings. The molecule has 0 radical (unpaired) electrons. The molecule has 1 fully saturated rings. The fourth-order valence-electron chi connectivity index (χ4n) is 3.61. The number of benzene rings is 1. The molecular formula is C20H28N4O2. The summed E-state index contributed by atoms with van der Waals surface area (Å²) in [5.74, 6) is 2.07. The Morgan fingerprint density at radius 2 is 1.88 bits per heavy atom. The fourth-order valence-corrected chi connectivity index (χ4v) is 3.61. The van der Waals surface area contributed by atoms with E-state index < -0.39 is 0 Å². The van der Waals surface area contributed by atoms with Crippen molar-refractivity contribution in [1.29, 1.82) is 0 Å². The van der Waals surface area contributed by atoms with Crippen LogP contribution in [0.3, 0.4) is 0 Å². The van der Waals surface area contributed by atoms with E-state index in [0.717, 1.165) is 37.9 Å². The van der Waals surface area contributed by atoms with E-state index in [9.17, 15) is 4.79 Å². The molecule has 0 N–H and O–H groups in total. The quantitative estimate of drug-likeness (QED) is 0.824. The number of carbonyl (C=O) groups is 1. The molecule has 1 aliphatic heterocycles. The second kappa shape index (κ2) is 7.99. The van der Waals surface area contributed by atoms with E-state index >= 15 is 0 Å². The maximum absolute atomic E-state index is 13.1. The maximum Gasteiger partial charge on any atom is 0.244 e. The third-order valence-corrected chi connectivity index (χ3v) is 5.10. The van der Waals surface area contributed by atoms with Gasteiger partial charge in [0.2, 0.25) is 11.8 Å². The van der Waals surface area contributed by atoms with E-state index in [1.807, 2.05) is 30.8 Å². The van der Waals surface area contributed by atoms with Gasteiger partial charge in [0.15, 0.2) is 5.82 Å². The minimum atomic E-state index is -0.231. The predicted octanol–water partition coefficient (Wildman–Crippen LogP) is 2.77. The van der Waals surface area contributed by atoms with Crippen LogP contribution in [-0.2, 0) is 11.2 Å². The average molecular weight is 356 g/mol. The smallest absolute Gasteiger partial charge is 0.244 e. The van der Waals surface area contributed by atoms with Gasteiger partial charge in [0.05, 0.1) is 0 Å². The number of amides is 1. The van der Waals surface area contributed by atoms with Gasteiger partial charge in [0.25, 0.3) is 0 Å². The molecule has 140 valence electrons. The first kappa shape index (κ1) is 18.6. The molecule has 0 saturated carbocycles. The summed E-state index contributed by atoms with van der Waals surface area (Å²) < 4.78 is 5.23. The largest absolute Gasteiger partial charge is 0.341 e. The summed E-state index contributed by atoms with van der Waals surface area (Å²) >= 11 is 0. The number of piperidine rings is 1. The number of rotatable bonds is 5. The lowest BCUT2D eigenvalue weighted by atomic mass is 9.92. The number of aromatic nitrogens is 2. The monoisotopic (exact) mass is 356 g/mol. The van der Waals surface area contributed by atoms with Crippen molar-refractivity contribution in [2.24, 2.45) is 5.92 Å². The van der Waals surface area contributed by atoms with Gasteiger partial charge in [0, 0.05) is 19.5 Å². The lowest BCUT2D eigenvalue weighted by molar-refractivity contribution is -0.137. The van der Waals surface area contributed by atoms with E-state index in [4.69, 9.17) is 4.52 Å². The van der Waals surface area contributed by atoms with Crippen LogP contribution >= 0.6 is 0 Å². The van der Waals surface area contributed by atoms with Crippen molar-refractivity contribution in [3.63, 3.8) is 0 Å². The zero-order valence-electron chi connectivity index (χ0n) is 16.1. The van der Waals surface area contributed by atoms with Crippen LogP contribution in [-0.4, -0.2) is 53.0 Å². The molecule has 3 rings (SSSR count). The molecule has 1 aliphatic rings. The minimum absolute atomic E-state index is 0.186. The van der Waals surface area contributed by atoms with Crippen LogP contribution in [0.25, 0.3) is 0 Å². The van der Waals surface area contributed by atoms with Crippen molar-refractivity contribution in [2.45, 2.75) is 39.2 Å². The lowest BCUT2D eigenvalue weighted by Crippen LogP contribution is -2.44. The molecule has 6 nitrogen and oxygen atoms in total. The highest BCUT2D eigenvalue weighted by atomic mass is 16.5. The van der Waals surface area contributed by atoms with Crippen LogP contribution < -0.4 is 0 Å². The van der Waals surface area contributed by atoms with Crippen molar-refractivity contribution < 1.29 is 9.32 Å². The van der Waals surface area contributed by atoms with Gasteiger partial charge in [-0.3, -0.25) is 9.69 Å². The third-order valence-electron chi connectivity index (χ3n) is 5.10. The molecule has 0 bridgehead atoms. The lowest BCUT2D eigenvalue weighted by Gasteiger charge is -2.35. The first-order valence-electron chi connectivity index (χ1n) is 9.25. The number of aryl methyl sites for hydroxylation is 2. The Balaban J connectivity index is 1.61. The predicted molar refractivity (Wildman–Crippen MR) is 99.7 cm³/mol. The highest BCUT2D eigenvalue weighted by molar-refractivity contribution is 5.83. The van der Waals surface area contributed by atoms with Gasteiger partial charge in [-0.1, -0.05) is 35.0 Å². The second-order valence-electron chi connectivity index (χ2n) is 7.48. The number of hydrogen-bond acceptors (Lipinski definition) is 5. The van der Waals surface area contributed by atoms with Gasteiger partial charge < -0.3 is 9.42 Å². The number of likely N-dealkylation sites (tertiary alicyclic amines) is 1. The van der Waals surface area contributed by atoms with Crippen LogP contribution in [0.1, 0.15) is 41.7 Å². The number of carbonyl (C=O) groups excluding carboxylic acids is 1. The summed E-state index contributed by atoms with van der Waals surface area (Å²) in [6.45, 7) is 5.46. The van der Waals surface area contributed by atoms with Gasteiger partial charge in [-0.25, -0.2) is 0 Å². The zero-order chi connectivity index (χ0) is 18.7. The van der Waals surface area contributed by atoms with Gasteiger partial charge in [-0.15, -0.1) is 0 Å². The summed E-state index contributed by atoms with van der Waals surface area (Å²) in [6.07, 6.45) is 2.75. The summed E-state index contributed by atoms with van der Waals surface area (Å²) in [6, 6.07) is 8.02. The average Bonchev–Trinajstić information content (AvgIpc) is 3.02. The Labute approximate surface area is 155 Å². The van der Waals surface area contributed by atoms with Crippen molar-refractivity contribution in [3.05, 3.63) is 47.1 Å². The molecule has 1 aromatic heterocycles. The molecule has 0 spiro atoms. The van der Waals surface area contributed by atoms with Crippen LogP contribution in [0.2, 0.25) is 0 Å². The Morgan fingerprint density at radius 1 is 1.23 bits per heavy atom. The first-order chi connectivity index (χ1) is 12.4. The molecule has 2 heterocycles. The second-order valence-corrected chi connectivity index (χ2v) is 7.48. The van der Waals surface area contributed by atoms with Crippen molar-refractivity contribution >= 4 is 5.91 Å². The van der Waals surface area contributed by atoms with Crippen molar-refractivity contribution in [2.75, 3.05) is 27.2 Å². The molecule has 26 heavy (non-hydrogen) atoms. The summed E-state index contributed by atoms with van der Waals surface area (Å²) in [4.78, 5) is 21.4. The summed E-state index contributed by atoms with van der Waals surface area (Å²) in [5.41, 5.74) is 2.25. The van der Waals surface area contributed by atoms with Crippen molar-refractivity contribution in [3.8, 4) is 0 Å². The molecule has 1 amide bonds. The van der Waals surface area contributed by atoms with Crippen LogP contribution in [0.4, 0.5) is 0 Å². The highest BCUT2D eigenvalue weighted by Crippen LogP contribution is 2.26. The van der Waals surface area contributed by atoms with Crippen LogP contribution in [0, 0.1) is 19.8 Å². The van der Waals surface area contributed by atoms with Crippen molar-refractivity contribution in [1.82, 2.24) is 19.9 Å². The van der Waals surface area contributed by atoms with Gasteiger partial charge in [-0.05, 0) is 52.3 Å². The van der Waals surface area contributed by atoms with Gasteiger partial charge in [0.1, 0.15) is 6.04 Å². The number of nitrogens with zero attached hydrogens (tertiary/aromatic N) is 4. The van der Waals surface area contributed by atoms with E-state index in [1.165, 1.54) is 5.56 Å². The highest BCUT2D eigenvalue weighted by Gasteiger charge is 2.31. The van der Waals surface area contributed by atoms with E-state index in [-0.39, 0.29) is 11.9 Å². The molecule has 6 heteroatoms. The molecule has 0 aliphatic carbocycles. The number of likely N-dealkylation sites (N-methyl/N-ethyl adjacent to an activating group) is 1. The minimum Gasteiger partial charge on any atom is -0.341 e. The number of hydrogen-bond donors (Lipinski definition) is 0. The fraction of sp³-hybridized carbons (Fsp3) is 0.550. The first-order valence-corrected chi connectivity index (χ1v) is 9.25. The van der Waals surface area contributed by atoms with E-state index in [2.05, 4.69) is 41.3 Å². The van der Waals surface area contributed by atoms with E-state index in [1.54, 1.807) is 0 Å². The maximum atomic E-state index is 13.1. The molecule has 1 atom stereocenters. The normalized spacial score (nSPS) is 16.9. The molecular weight excluding hydrogens is 328 g/mol. The summed E-state index contributed by atoms with van der Waals surface area (Å²) in [5, 5.41) is 3.85. The Bertz CT molecular complexity index is 731. The van der Waals surface area contributed by atoms with Crippen LogP contribution in [0.15, 0.2) is 28.8 Å². The van der Waals surface area contributed by atoms with Crippen LogP contribution in [0.5, 0.6) is 0 Å². The topological polar surface area (TPSA) is 62.5 Å². The molecule has 0 unspecified atom stereocenters. The third kappa shape index (κ3) is 4.30. The zero-order valence-corrected chi connectivity index (χ0v) is 16.1. The standard InChI is InChI=1S/C20H28N4O2/c1-14-5-7-17(8-6-14)19(23(3)4)20(25)24-11-9-16(10-12-24)13-18-21-15(2)22-26-18/h5-8,16,19H,9-13H2,1-4H3/t19-/m1/s1. The Kier molecular flexibility index (Phi) is 5.71. The SMILES string of the molecule is Cc1ccc([C@H](C(=O)N2CCC(Cc3nc(C)no3)CC2)N(C)C)cc1. The Hall–Kier alpha value is -2.21. The summed E-state index contributed by atoms with van der Waals surface area (Å²) in [7, 11) is 3.93. The Morgan fingerprint density at radius 3 is 2.42 bits per heavy atom. The molecule has 1 aromatic carbocycles. The van der Waals surface area contributed by atoms with Gasteiger partial charge in [-0.2, -0.15) is 4.98 Å². The van der Waals surface area contributed by atoms with E-state index in [0.29, 0.717) is 17.6 Å².